The van der Waals surface area contributed by atoms with Crippen molar-refractivity contribution in [1.29, 1.82) is 0 Å². The van der Waals surface area contributed by atoms with Crippen molar-refractivity contribution < 1.29 is 24.0 Å². The molecule has 0 atom stereocenters. The zero-order valence-corrected chi connectivity index (χ0v) is 21.8. The van der Waals surface area contributed by atoms with E-state index < -0.39 is 16.9 Å². The maximum absolute atomic E-state index is 12.4. The topological polar surface area (TPSA) is 108 Å². The van der Waals surface area contributed by atoms with Gasteiger partial charge in [0.25, 0.3) is 5.69 Å². The van der Waals surface area contributed by atoms with E-state index in [0.29, 0.717) is 25.1 Å². The molecule has 1 heterocycles. The summed E-state index contributed by atoms with van der Waals surface area (Å²) in [6.45, 7) is 0. The van der Waals surface area contributed by atoms with Crippen molar-refractivity contribution in [3.63, 3.8) is 0 Å². The van der Waals surface area contributed by atoms with Crippen molar-refractivity contribution in [2.75, 3.05) is 0 Å². The minimum absolute atomic E-state index is 0.0256. The number of carbonyl (C=O) groups excluding carboxylic acids is 2. The molecule has 1 aliphatic rings. The van der Waals surface area contributed by atoms with Crippen LogP contribution in [0.1, 0.15) is 21.5 Å². The number of carbonyl (C=O) groups is 2. The number of esters is 2. The number of rotatable bonds is 5. The Morgan fingerprint density at radius 2 is 1.71 bits per heavy atom. The average molecular weight is 641 g/mol. The minimum Gasteiger partial charge on any atom is -0.421 e. The Morgan fingerprint density at radius 3 is 2.34 bits per heavy atom. The van der Waals surface area contributed by atoms with E-state index in [-0.39, 0.29) is 33.6 Å². The van der Waals surface area contributed by atoms with Crippen LogP contribution in [0.4, 0.5) is 5.69 Å². The first-order valence-corrected chi connectivity index (χ1v) is 11.9. The van der Waals surface area contributed by atoms with Crippen molar-refractivity contribution in [3.05, 3.63) is 106 Å². The third-order valence-electron chi connectivity index (χ3n) is 4.61. The van der Waals surface area contributed by atoms with Gasteiger partial charge in [-0.2, -0.15) is 0 Å². The lowest BCUT2D eigenvalue weighted by molar-refractivity contribution is -0.384. The molecule has 3 aromatic rings. The number of hydrogen-bond donors (Lipinski definition) is 0. The quantitative estimate of drug-likeness (QED) is 0.0978. The first kappa shape index (κ1) is 25.1. The van der Waals surface area contributed by atoms with Crippen molar-refractivity contribution >= 4 is 84.7 Å². The van der Waals surface area contributed by atoms with Gasteiger partial charge in [0, 0.05) is 16.7 Å². The number of aliphatic imine (C=N–C) groups is 1. The van der Waals surface area contributed by atoms with Crippen LogP contribution in [0, 0.1) is 10.1 Å². The zero-order valence-electron chi connectivity index (χ0n) is 17.1. The van der Waals surface area contributed by atoms with E-state index in [9.17, 15) is 19.7 Å². The molecule has 0 saturated heterocycles. The van der Waals surface area contributed by atoms with Crippen LogP contribution in [-0.2, 0) is 9.53 Å². The fourth-order valence-electron chi connectivity index (χ4n) is 2.97. The molecule has 0 radical (unpaired) electrons. The van der Waals surface area contributed by atoms with Gasteiger partial charge in [-0.05, 0) is 92.0 Å². The molecule has 176 valence electrons. The summed E-state index contributed by atoms with van der Waals surface area (Å²) in [6, 6.07) is 13.4. The molecule has 4 rings (SSSR count). The van der Waals surface area contributed by atoms with Crippen molar-refractivity contribution in [2.24, 2.45) is 4.99 Å². The summed E-state index contributed by atoms with van der Waals surface area (Å²) >= 11 is 18.4. The predicted molar refractivity (Wildman–Crippen MR) is 137 cm³/mol. The molecule has 1 aliphatic heterocycles. The Morgan fingerprint density at radius 1 is 1.06 bits per heavy atom. The number of nitro groups is 1. The summed E-state index contributed by atoms with van der Waals surface area (Å²) in [4.78, 5) is 39.4. The molecule has 3 aromatic carbocycles. The second-order valence-corrected chi connectivity index (χ2v) is 9.52. The van der Waals surface area contributed by atoms with E-state index in [1.807, 2.05) is 0 Å². The van der Waals surface area contributed by atoms with Gasteiger partial charge in [0.2, 0.25) is 5.90 Å². The van der Waals surface area contributed by atoms with Gasteiger partial charge in [0.05, 0.1) is 19.4 Å². The van der Waals surface area contributed by atoms with E-state index >= 15 is 0 Å². The molecule has 0 bridgehead atoms. The highest BCUT2D eigenvalue weighted by Crippen LogP contribution is 2.36. The molecule has 0 unspecified atom stereocenters. The smallest absolute Gasteiger partial charge is 0.363 e. The summed E-state index contributed by atoms with van der Waals surface area (Å²) in [5.74, 6) is -1.17. The number of halogens is 4. The number of nitro benzene ring substituents is 1. The van der Waals surface area contributed by atoms with Crippen molar-refractivity contribution in [3.8, 4) is 5.75 Å². The molecular weight excluding hydrogens is 631 g/mol. The number of cyclic esters (lactones) is 1. The van der Waals surface area contributed by atoms with Gasteiger partial charge in [-0.25, -0.2) is 14.6 Å². The van der Waals surface area contributed by atoms with Crippen LogP contribution in [0.25, 0.3) is 6.08 Å². The molecule has 0 aromatic heterocycles. The third-order valence-corrected chi connectivity index (χ3v) is 6.36. The van der Waals surface area contributed by atoms with Crippen molar-refractivity contribution in [1.82, 2.24) is 0 Å². The monoisotopic (exact) mass is 638 g/mol. The summed E-state index contributed by atoms with van der Waals surface area (Å²) in [7, 11) is 0. The number of benzene rings is 3. The van der Waals surface area contributed by atoms with Crippen LogP contribution < -0.4 is 4.74 Å². The molecule has 0 amide bonds. The van der Waals surface area contributed by atoms with E-state index in [1.165, 1.54) is 24.3 Å². The molecule has 35 heavy (non-hydrogen) atoms. The minimum atomic E-state index is -0.733. The Balaban J connectivity index is 1.60. The van der Waals surface area contributed by atoms with Gasteiger partial charge in [0.15, 0.2) is 11.4 Å². The number of nitrogens with zero attached hydrogens (tertiary/aromatic N) is 2. The Kier molecular flexibility index (Phi) is 7.36. The second-order valence-electron chi connectivity index (χ2n) is 6.97. The van der Waals surface area contributed by atoms with Crippen LogP contribution >= 0.6 is 55.1 Å². The SMILES string of the molecule is O=C1OC(c2ccc(Cl)c([N+](=O)[O-])c2)=N/C1=C\c1cc(Br)c(OC(=O)c2ccc(Cl)cc2)c(Br)c1. The molecule has 0 N–H and O–H groups in total. The van der Waals surface area contributed by atoms with Gasteiger partial charge in [-0.15, -0.1) is 0 Å². The molecule has 0 saturated carbocycles. The molecule has 0 spiro atoms. The first-order chi connectivity index (χ1) is 16.6. The highest BCUT2D eigenvalue weighted by molar-refractivity contribution is 9.11. The van der Waals surface area contributed by atoms with E-state index in [4.69, 9.17) is 32.7 Å². The molecule has 0 aliphatic carbocycles. The zero-order chi connectivity index (χ0) is 25.3. The van der Waals surface area contributed by atoms with Crippen LogP contribution in [0.2, 0.25) is 10.0 Å². The van der Waals surface area contributed by atoms with Crippen molar-refractivity contribution in [2.45, 2.75) is 0 Å². The van der Waals surface area contributed by atoms with Crippen LogP contribution in [0.15, 0.2) is 74.2 Å². The first-order valence-electron chi connectivity index (χ1n) is 9.56. The fourth-order valence-corrected chi connectivity index (χ4v) is 4.67. The number of hydrogen-bond acceptors (Lipinski definition) is 7. The fraction of sp³-hybridized carbons (Fsp3) is 0. The summed E-state index contributed by atoms with van der Waals surface area (Å²) in [5, 5.41) is 11.6. The maximum atomic E-state index is 12.4. The second kappa shape index (κ2) is 10.3. The number of ether oxygens (including phenoxy) is 2. The molecule has 0 fully saturated rings. The van der Waals surface area contributed by atoms with Gasteiger partial charge < -0.3 is 9.47 Å². The summed E-state index contributed by atoms with van der Waals surface area (Å²) in [6.07, 6.45) is 1.46. The Labute approximate surface area is 224 Å². The van der Waals surface area contributed by atoms with Crippen LogP contribution in [0.3, 0.4) is 0 Å². The van der Waals surface area contributed by atoms with Gasteiger partial charge in [-0.1, -0.05) is 23.2 Å². The van der Waals surface area contributed by atoms with Crippen LogP contribution in [-0.4, -0.2) is 22.8 Å². The van der Waals surface area contributed by atoms with E-state index in [2.05, 4.69) is 36.9 Å². The average Bonchev–Trinajstić information content (AvgIpc) is 3.16. The standard InChI is InChI=1S/C23H10Br2Cl2N2O6/c24-15-7-11(8-16(25)20(15)34-22(30)12-1-4-14(26)5-2-12)9-18-23(31)35-21(28-18)13-3-6-17(27)19(10-13)29(32)33/h1-10H/b18-9-. The lowest BCUT2D eigenvalue weighted by Crippen LogP contribution is -2.09. The van der Waals surface area contributed by atoms with E-state index in [1.54, 1.807) is 36.4 Å². The highest BCUT2D eigenvalue weighted by atomic mass is 79.9. The molecular formula is C23H10Br2Cl2N2O6. The normalized spacial score (nSPS) is 14.0. The van der Waals surface area contributed by atoms with Gasteiger partial charge >= 0.3 is 11.9 Å². The predicted octanol–water partition coefficient (Wildman–Crippen LogP) is 6.99. The lowest BCUT2D eigenvalue weighted by Gasteiger charge is -2.10. The Hall–Kier alpha value is -3.05. The maximum Gasteiger partial charge on any atom is 0.363 e. The molecule has 8 nitrogen and oxygen atoms in total. The van der Waals surface area contributed by atoms with Gasteiger partial charge in [-0.3, -0.25) is 10.1 Å². The molecule has 12 heteroatoms. The third kappa shape index (κ3) is 5.62. The summed E-state index contributed by atoms with van der Waals surface area (Å²) < 4.78 is 11.5. The largest absolute Gasteiger partial charge is 0.421 e. The van der Waals surface area contributed by atoms with E-state index in [0.717, 1.165) is 0 Å². The Bertz CT molecular complexity index is 1430. The lowest BCUT2D eigenvalue weighted by atomic mass is 10.2. The van der Waals surface area contributed by atoms with Gasteiger partial charge in [0.1, 0.15) is 5.02 Å². The summed E-state index contributed by atoms with van der Waals surface area (Å²) in [5.41, 5.74) is 0.718. The van der Waals surface area contributed by atoms with Crippen LogP contribution in [0.5, 0.6) is 5.75 Å². The highest BCUT2D eigenvalue weighted by Gasteiger charge is 2.26.